The van der Waals surface area contributed by atoms with Crippen LogP contribution in [0.5, 0.6) is 0 Å². The van der Waals surface area contributed by atoms with E-state index in [1.165, 1.54) is 0 Å². The molecular weight excluding hydrogens is 218 g/mol. The fraction of sp³-hybridized carbons (Fsp3) is 0.692. The molecule has 1 rings (SSSR count). The van der Waals surface area contributed by atoms with Gasteiger partial charge < -0.3 is 19.2 Å². The molecule has 4 heteroatoms. The molecule has 2 atom stereocenters. The van der Waals surface area contributed by atoms with Crippen molar-refractivity contribution in [3.05, 3.63) is 24.2 Å². The zero-order valence-electron chi connectivity index (χ0n) is 10.9. The first-order chi connectivity index (χ1) is 8.24. The molecule has 0 aliphatic carbocycles. The molecule has 0 aliphatic heterocycles. The van der Waals surface area contributed by atoms with Crippen LogP contribution in [0.3, 0.4) is 0 Å². The number of hydrogen-bond donors (Lipinski definition) is 1. The third kappa shape index (κ3) is 5.86. The topological polar surface area (TPSA) is 43.6 Å². The van der Waals surface area contributed by atoms with Gasteiger partial charge in [0, 0.05) is 19.8 Å². The fourth-order valence-electron chi connectivity index (χ4n) is 1.44. The molecule has 0 saturated carbocycles. The highest BCUT2D eigenvalue weighted by Gasteiger charge is 2.09. The van der Waals surface area contributed by atoms with E-state index in [0.29, 0.717) is 12.6 Å². The highest BCUT2D eigenvalue weighted by molar-refractivity contribution is 4.95. The number of hydrogen-bond acceptors (Lipinski definition) is 4. The maximum absolute atomic E-state index is 5.48. The predicted molar refractivity (Wildman–Crippen MR) is 66.9 cm³/mol. The second-order valence-corrected chi connectivity index (χ2v) is 4.17. The largest absolute Gasteiger partial charge is 0.467 e. The Balaban J connectivity index is 1.94. The van der Waals surface area contributed by atoms with E-state index >= 15 is 0 Å². The van der Waals surface area contributed by atoms with Crippen LogP contribution in [-0.4, -0.2) is 32.4 Å². The van der Waals surface area contributed by atoms with Crippen molar-refractivity contribution in [1.82, 2.24) is 5.32 Å². The Kier molecular flexibility index (Phi) is 6.93. The Labute approximate surface area is 103 Å². The second kappa shape index (κ2) is 8.28. The molecule has 0 amide bonds. The van der Waals surface area contributed by atoms with Gasteiger partial charge in [-0.05, 0) is 38.9 Å². The van der Waals surface area contributed by atoms with E-state index in [1.54, 1.807) is 13.4 Å². The summed E-state index contributed by atoms with van der Waals surface area (Å²) < 4.78 is 15.9. The normalized spacial score (nSPS) is 14.8. The van der Waals surface area contributed by atoms with Crippen LogP contribution in [0.4, 0.5) is 0 Å². The first-order valence-corrected chi connectivity index (χ1v) is 6.10. The van der Waals surface area contributed by atoms with Crippen molar-refractivity contribution < 1.29 is 13.9 Å². The van der Waals surface area contributed by atoms with E-state index in [9.17, 15) is 0 Å². The summed E-state index contributed by atoms with van der Waals surface area (Å²) in [5.41, 5.74) is 0. The molecule has 1 aromatic heterocycles. The highest BCUT2D eigenvalue weighted by atomic mass is 16.5. The van der Waals surface area contributed by atoms with Gasteiger partial charge in [0.25, 0.3) is 0 Å². The van der Waals surface area contributed by atoms with E-state index in [2.05, 4.69) is 19.2 Å². The monoisotopic (exact) mass is 241 g/mol. The molecular formula is C13H23NO3. The summed E-state index contributed by atoms with van der Waals surface area (Å²) in [7, 11) is 1.73. The van der Waals surface area contributed by atoms with Crippen molar-refractivity contribution in [3.8, 4) is 0 Å². The molecule has 17 heavy (non-hydrogen) atoms. The fourth-order valence-corrected chi connectivity index (χ4v) is 1.44. The maximum Gasteiger partial charge on any atom is 0.129 e. The van der Waals surface area contributed by atoms with E-state index in [-0.39, 0.29) is 6.10 Å². The molecule has 0 radical (unpaired) electrons. The number of furan rings is 1. The van der Waals surface area contributed by atoms with Gasteiger partial charge >= 0.3 is 0 Å². The molecule has 1 aromatic rings. The van der Waals surface area contributed by atoms with Gasteiger partial charge in [0.1, 0.15) is 12.4 Å². The summed E-state index contributed by atoms with van der Waals surface area (Å²) >= 11 is 0. The smallest absolute Gasteiger partial charge is 0.129 e. The summed E-state index contributed by atoms with van der Waals surface area (Å²) in [4.78, 5) is 0. The molecule has 0 spiro atoms. The van der Waals surface area contributed by atoms with Crippen molar-refractivity contribution in [2.75, 3.05) is 20.3 Å². The van der Waals surface area contributed by atoms with Gasteiger partial charge in [-0.25, -0.2) is 0 Å². The van der Waals surface area contributed by atoms with E-state index in [0.717, 1.165) is 25.3 Å². The molecule has 0 fully saturated rings. The number of ether oxygens (including phenoxy) is 2. The Morgan fingerprint density at radius 2 is 2.24 bits per heavy atom. The van der Waals surface area contributed by atoms with E-state index in [1.807, 2.05) is 12.1 Å². The minimum atomic E-state index is 0.235. The molecule has 0 bridgehead atoms. The lowest BCUT2D eigenvalue weighted by molar-refractivity contribution is 0.0829. The predicted octanol–water partition coefficient (Wildman–Crippen LogP) is 2.20. The highest BCUT2D eigenvalue weighted by Crippen LogP contribution is 2.02. The molecule has 4 nitrogen and oxygen atoms in total. The van der Waals surface area contributed by atoms with Crippen molar-refractivity contribution in [2.24, 2.45) is 0 Å². The standard InChI is InChI=1S/C13H23NO3/c1-11(12(2)15-3)14-7-5-8-16-10-13-6-4-9-17-13/h4,6,9,11-12,14H,5,7-8,10H2,1-3H3. The van der Waals surface area contributed by atoms with Gasteiger partial charge in [0.2, 0.25) is 0 Å². The van der Waals surface area contributed by atoms with Crippen LogP contribution in [0, 0.1) is 0 Å². The molecule has 0 saturated heterocycles. The van der Waals surface area contributed by atoms with Gasteiger partial charge in [0.15, 0.2) is 0 Å². The van der Waals surface area contributed by atoms with E-state index < -0.39 is 0 Å². The lowest BCUT2D eigenvalue weighted by atomic mass is 10.2. The Hall–Kier alpha value is -0.840. The molecule has 1 heterocycles. The lowest BCUT2D eigenvalue weighted by Gasteiger charge is -2.19. The van der Waals surface area contributed by atoms with Crippen LogP contribution < -0.4 is 5.32 Å². The zero-order chi connectivity index (χ0) is 12.5. The SMILES string of the molecule is COC(C)C(C)NCCCOCc1ccco1. The third-order valence-electron chi connectivity index (χ3n) is 2.83. The summed E-state index contributed by atoms with van der Waals surface area (Å²) in [6.45, 7) is 6.41. The Bertz CT molecular complexity index is 274. The third-order valence-corrected chi connectivity index (χ3v) is 2.83. The number of methoxy groups -OCH3 is 1. The maximum atomic E-state index is 5.48. The van der Waals surface area contributed by atoms with E-state index in [4.69, 9.17) is 13.9 Å². The quantitative estimate of drug-likeness (QED) is 0.673. The minimum absolute atomic E-state index is 0.235. The van der Waals surface area contributed by atoms with Gasteiger partial charge in [-0.1, -0.05) is 0 Å². The van der Waals surface area contributed by atoms with Crippen LogP contribution in [0.25, 0.3) is 0 Å². The molecule has 2 unspecified atom stereocenters. The molecule has 0 aliphatic rings. The van der Waals surface area contributed by atoms with Gasteiger partial charge in [-0.2, -0.15) is 0 Å². The van der Waals surface area contributed by atoms with Gasteiger partial charge in [-0.15, -0.1) is 0 Å². The van der Waals surface area contributed by atoms with Crippen molar-refractivity contribution in [1.29, 1.82) is 0 Å². The van der Waals surface area contributed by atoms with Crippen LogP contribution in [0.15, 0.2) is 22.8 Å². The number of rotatable bonds is 9. The second-order valence-electron chi connectivity index (χ2n) is 4.17. The summed E-state index contributed by atoms with van der Waals surface area (Å²) in [5.74, 6) is 0.874. The zero-order valence-corrected chi connectivity index (χ0v) is 10.9. The average molecular weight is 241 g/mol. The van der Waals surface area contributed by atoms with Crippen LogP contribution in [0.1, 0.15) is 26.0 Å². The first-order valence-electron chi connectivity index (χ1n) is 6.10. The van der Waals surface area contributed by atoms with Gasteiger partial charge in [0.05, 0.1) is 12.4 Å². The molecule has 1 N–H and O–H groups in total. The minimum Gasteiger partial charge on any atom is -0.467 e. The van der Waals surface area contributed by atoms with Crippen molar-refractivity contribution >= 4 is 0 Å². The Morgan fingerprint density at radius 1 is 1.41 bits per heavy atom. The first kappa shape index (κ1) is 14.2. The summed E-state index contributed by atoms with van der Waals surface area (Å²) in [5, 5.41) is 3.40. The van der Waals surface area contributed by atoms with Crippen LogP contribution in [-0.2, 0) is 16.1 Å². The van der Waals surface area contributed by atoms with Crippen LogP contribution in [0.2, 0.25) is 0 Å². The average Bonchev–Trinajstić information content (AvgIpc) is 2.85. The van der Waals surface area contributed by atoms with Crippen molar-refractivity contribution in [3.63, 3.8) is 0 Å². The molecule has 98 valence electrons. The summed E-state index contributed by atoms with van der Waals surface area (Å²) in [6, 6.07) is 4.15. The van der Waals surface area contributed by atoms with Crippen molar-refractivity contribution in [2.45, 2.75) is 39.0 Å². The van der Waals surface area contributed by atoms with Gasteiger partial charge in [-0.3, -0.25) is 0 Å². The number of nitrogens with one attached hydrogen (secondary N) is 1. The van der Waals surface area contributed by atoms with Crippen LogP contribution >= 0.6 is 0 Å². The lowest BCUT2D eigenvalue weighted by Crippen LogP contribution is -2.37. The Morgan fingerprint density at radius 3 is 2.88 bits per heavy atom. The molecule has 0 aromatic carbocycles. The summed E-state index contributed by atoms with van der Waals surface area (Å²) in [6.07, 6.45) is 2.88.